The first-order valence-electron chi connectivity index (χ1n) is 6.69. The van der Waals surface area contributed by atoms with Crippen LogP contribution in [0.5, 0.6) is 0 Å². The Kier molecular flexibility index (Phi) is 15.2. The molecule has 0 bridgehead atoms. The number of carbonyl (C=O) groups excluding carboxylic acids is 2. The van der Waals surface area contributed by atoms with Gasteiger partial charge in [-0.25, -0.2) is 8.78 Å². The Morgan fingerprint density at radius 2 is 1.77 bits per heavy atom. The van der Waals surface area contributed by atoms with Gasteiger partial charge in [0.05, 0.1) is 11.9 Å². The normalized spacial score (nSPS) is 23.4. The van der Waals surface area contributed by atoms with Crippen LogP contribution in [0.15, 0.2) is 0 Å². The zero-order chi connectivity index (χ0) is 16.3. The fourth-order valence-electron chi connectivity index (χ4n) is 1.77. The number of nitrogens with two attached hydrogens (primary N) is 2. The van der Waals surface area contributed by atoms with Crippen molar-refractivity contribution >= 4 is 40.2 Å². The number of hydrogen-bond donors (Lipinski definition) is 3. The minimum Gasteiger partial charge on any atom is -0.369 e. The summed E-state index contributed by atoms with van der Waals surface area (Å²) in [7, 11) is 0. The summed E-state index contributed by atoms with van der Waals surface area (Å²) >= 11 is 2.84. The highest BCUT2D eigenvalue weighted by Crippen LogP contribution is 2.10. The first kappa shape index (κ1) is 23.8. The lowest BCUT2D eigenvalue weighted by Gasteiger charge is -2.10. The van der Waals surface area contributed by atoms with Crippen LogP contribution in [0.4, 0.5) is 8.78 Å². The molecule has 0 aromatic heterocycles. The van der Waals surface area contributed by atoms with Gasteiger partial charge in [-0.2, -0.15) is 0 Å². The van der Waals surface area contributed by atoms with Gasteiger partial charge in [0.2, 0.25) is 11.8 Å². The summed E-state index contributed by atoms with van der Waals surface area (Å²) in [4.78, 5) is 21.6. The summed E-state index contributed by atoms with van der Waals surface area (Å²) in [6.45, 7) is 2.65. The molecular formula is C12H24BrClF2N4O2. The highest BCUT2D eigenvalue weighted by Gasteiger charge is 2.22. The highest BCUT2D eigenvalue weighted by atomic mass is 79.9. The zero-order valence-electron chi connectivity index (χ0n) is 12.3. The molecule has 2 rings (SSSR count). The molecule has 2 saturated heterocycles. The predicted molar refractivity (Wildman–Crippen MR) is 87.8 cm³/mol. The number of primary amides is 2. The molecular weight excluding hydrogens is 386 g/mol. The number of rotatable bonds is 3. The highest BCUT2D eigenvalue weighted by molar-refractivity contribution is 9.09. The SMILES string of the molecule is Cl.F[C@H]1CCNC1.NC(=O)CBr.NC(=O)CN1CC[C@H](F)C1. The molecule has 2 heterocycles. The third-order valence-electron chi connectivity index (χ3n) is 2.73. The number of nitrogens with zero attached hydrogens (tertiary/aromatic N) is 1. The number of nitrogens with one attached hydrogen (secondary N) is 1. The van der Waals surface area contributed by atoms with Crippen molar-refractivity contribution in [3.05, 3.63) is 0 Å². The van der Waals surface area contributed by atoms with Gasteiger partial charge >= 0.3 is 0 Å². The zero-order valence-corrected chi connectivity index (χ0v) is 14.7. The molecule has 22 heavy (non-hydrogen) atoms. The summed E-state index contributed by atoms with van der Waals surface area (Å²) in [6.07, 6.45) is -0.0860. The fraction of sp³-hybridized carbons (Fsp3) is 0.833. The first-order chi connectivity index (χ1) is 9.85. The standard InChI is InChI=1S/C6H11FN2O.C4H8FN.C2H4BrNO.ClH/c7-5-1-2-9(3-5)4-6(8)10;5-4-1-2-6-3-4;3-1-2(4)5;/h5H,1-4H2,(H2,8,10);4,6H,1-3H2;1H2,(H2,4,5);1H/t5-;4-;;/m00../s1. The topological polar surface area (TPSA) is 101 Å². The van der Waals surface area contributed by atoms with Crippen LogP contribution >= 0.6 is 28.3 Å². The van der Waals surface area contributed by atoms with Gasteiger partial charge in [-0.05, 0) is 19.4 Å². The molecule has 0 saturated carbocycles. The van der Waals surface area contributed by atoms with Crippen molar-refractivity contribution < 1.29 is 18.4 Å². The minimum atomic E-state index is -0.764. The van der Waals surface area contributed by atoms with Gasteiger partial charge in [-0.15, -0.1) is 12.4 Å². The minimum absolute atomic E-state index is 0. The van der Waals surface area contributed by atoms with Crippen molar-refractivity contribution in [3.63, 3.8) is 0 Å². The molecule has 2 atom stereocenters. The van der Waals surface area contributed by atoms with E-state index in [2.05, 4.69) is 27.0 Å². The van der Waals surface area contributed by atoms with Crippen LogP contribution < -0.4 is 16.8 Å². The molecule has 2 fully saturated rings. The second-order valence-electron chi connectivity index (χ2n) is 4.78. The summed E-state index contributed by atoms with van der Waals surface area (Å²) in [5.41, 5.74) is 9.52. The lowest BCUT2D eigenvalue weighted by Crippen LogP contribution is -2.32. The van der Waals surface area contributed by atoms with Crippen molar-refractivity contribution in [1.82, 2.24) is 10.2 Å². The number of halogens is 4. The maximum Gasteiger partial charge on any atom is 0.231 e. The third kappa shape index (κ3) is 14.4. The maximum atomic E-state index is 12.4. The summed E-state index contributed by atoms with van der Waals surface area (Å²) in [6, 6.07) is 0. The van der Waals surface area contributed by atoms with Crippen LogP contribution in [0.1, 0.15) is 12.8 Å². The number of hydrogen-bond acceptors (Lipinski definition) is 4. The molecule has 0 aromatic carbocycles. The summed E-state index contributed by atoms with van der Waals surface area (Å²) in [5, 5.41) is 3.15. The van der Waals surface area contributed by atoms with E-state index in [-0.39, 0.29) is 36.1 Å². The Hall–Kier alpha value is -0.510. The van der Waals surface area contributed by atoms with Crippen molar-refractivity contribution in [2.75, 3.05) is 38.1 Å². The number of likely N-dealkylation sites (tertiary alicyclic amines) is 1. The molecule has 0 aliphatic carbocycles. The second kappa shape index (κ2) is 14.1. The molecule has 0 spiro atoms. The molecule has 0 radical (unpaired) electrons. The van der Waals surface area contributed by atoms with Crippen LogP contribution in [0.25, 0.3) is 0 Å². The molecule has 5 N–H and O–H groups in total. The quantitative estimate of drug-likeness (QED) is 0.576. The maximum absolute atomic E-state index is 12.4. The fourth-order valence-corrected chi connectivity index (χ4v) is 1.77. The second-order valence-corrected chi connectivity index (χ2v) is 5.34. The van der Waals surface area contributed by atoms with E-state index in [0.29, 0.717) is 32.5 Å². The largest absolute Gasteiger partial charge is 0.369 e. The number of carbonyl (C=O) groups is 2. The van der Waals surface area contributed by atoms with Gasteiger partial charge in [0.25, 0.3) is 0 Å². The molecule has 2 amide bonds. The average Bonchev–Trinajstić information content (AvgIpc) is 3.02. The Morgan fingerprint density at radius 1 is 1.18 bits per heavy atom. The van der Waals surface area contributed by atoms with Crippen LogP contribution in [0.2, 0.25) is 0 Å². The monoisotopic (exact) mass is 408 g/mol. The van der Waals surface area contributed by atoms with Crippen LogP contribution in [-0.4, -0.2) is 67.1 Å². The third-order valence-corrected chi connectivity index (χ3v) is 3.28. The van der Waals surface area contributed by atoms with Crippen LogP contribution in [-0.2, 0) is 9.59 Å². The lowest BCUT2D eigenvalue weighted by molar-refractivity contribution is -0.119. The van der Waals surface area contributed by atoms with Gasteiger partial charge in [0.1, 0.15) is 12.3 Å². The van der Waals surface area contributed by atoms with E-state index in [1.165, 1.54) is 0 Å². The van der Waals surface area contributed by atoms with E-state index in [9.17, 15) is 18.4 Å². The van der Waals surface area contributed by atoms with Crippen molar-refractivity contribution in [3.8, 4) is 0 Å². The van der Waals surface area contributed by atoms with Gasteiger partial charge in [-0.3, -0.25) is 14.5 Å². The van der Waals surface area contributed by atoms with Crippen molar-refractivity contribution in [2.24, 2.45) is 11.5 Å². The average molecular weight is 410 g/mol. The smallest absolute Gasteiger partial charge is 0.231 e. The summed E-state index contributed by atoms with van der Waals surface area (Å²) < 4.78 is 24.3. The van der Waals surface area contributed by atoms with E-state index < -0.39 is 12.3 Å². The first-order valence-corrected chi connectivity index (χ1v) is 7.81. The molecule has 2 aliphatic rings. The van der Waals surface area contributed by atoms with E-state index >= 15 is 0 Å². The van der Waals surface area contributed by atoms with Crippen LogP contribution in [0.3, 0.4) is 0 Å². The van der Waals surface area contributed by atoms with E-state index in [1.807, 2.05) is 0 Å². The Morgan fingerprint density at radius 3 is 2.00 bits per heavy atom. The van der Waals surface area contributed by atoms with E-state index in [4.69, 9.17) is 5.73 Å². The lowest BCUT2D eigenvalue weighted by atomic mass is 10.3. The van der Waals surface area contributed by atoms with Gasteiger partial charge in [-0.1, -0.05) is 15.9 Å². The Bertz CT molecular complexity index is 324. The molecule has 0 unspecified atom stereocenters. The van der Waals surface area contributed by atoms with E-state index in [1.54, 1.807) is 4.90 Å². The van der Waals surface area contributed by atoms with Gasteiger partial charge in [0, 0.05) is 19.6 Å². The Balaban J connectivity index is 0. The van der Waals surface area contributed by atoms with Gasteiger partial charge in [0.15, 0.2) is 0 Å². The molecule has 132 valence electrons. The Labute approximate surface area is 143 Å². The van der Waals surface area contributed by atoms with Crippen molar-refractivity contribution in [2.45, 2.75) is 25.2 Å². The van der Waals surface area contributed by atoms with Crippen molar-refractivity contribution in [1.29, 1.82) is 0 Å². The molecule has 10 heteroatoms. The number of alkyl halides is 3. The molecule has 2 aliphatic heterocycles. The summed E-state index contributed by atoms with van der Waals surface area (Å²) in [5.74, 6) is -0.709. The van der Waals surface area contributed by atoms with E-state index in [0.717, 1.165) is 6.54 Å². The predicted octanol–water partition coefficient (Wildman–Crippen LogP) is 0.122. The molecule has 0 aromatic rings. The number of amides is 2. The van der Waals surface area contributed by atoms with Gasteiger partial charge < -0.3 is 16.8 Å². The van der Waals surface area contributed by atoms with Crippen LogP contribution in [0, 0.1) is 0 Å². The molecule has 6 nitrogen and oxygen atoms in total.